The molecule has 0 aromatic heterocycles. The normalized spacial score (nSPS) is 12.5. The number of rotatable bonds is 2. The van der Waals surface area contributed by atoms with Crippen LogP contribution in [0.25, 0.3) is 0 Å². The van der Waals surface area contributed by atoms with Crippen LogP contribution in [0.15, 0.2) is 46.9 Å². The maximum Gasteiger partial charge on any atom is 0.137 e. The summed E-state index contributed by atoms with van der Waals surface area (Å²) in [4.78, 5) is -0.00632. The molecule has 0 nitrogen and oxygen atoms in total. The second-order valence-electron chi connectivity index (χ2n) is 3.92. The molecule has 2 rings (SSSR count). The lowest BCUT2D eigenvalue weighted by Crippen LogP contribution is -1.95. The third-order valence-electron chi connectivity index (χ3n) is 2.62. The van der Waals surface area contributed by atoms with Crippen molar-refractivity contribution < 1.29 is 4.39 Å². The van der Waals surface area contributed by atoms with Crippen LogP contribution in [0.2, 0.25) is 0 Å². The van der Waals surface area contributed by atoms with Crippen LogP contribution in [0.5, 0.6) is 0 Å². The van der Waals surface area contributed by atoms with Crippen molar-refractivity contribution in [3.63, 3.8) is 0 Å². The summed E-state index contributed by atoms with van der Waals surface area (Å²) in [5.41, 5.74) is 3.22. The Labute approximate surface area is 117 Å². The van der Waals surface area contributed by atoms with Crippen LogP contribution >= 0.6 is 31.9 Å². The molecule has 2 aromatic rings. The van der Waals surface area contributed by atoms with Crippen LogP contribution in [-0.4, -0.2) is 0 Å². The average molecular weight is 358 g/mol. The van der Waals surface area contributed by atoms with Crippen molar-refractivity contribution in [3.05, 3.63) is 69.4 Å². The van der Waals surface area contributed by atoms with E-state index in [1.165, 1.54) is 11.6 Å². The van der Waals surface area contributed by atoms with Gasteiger partial charge in [0.2, 0.25) is 0 Å². The highest BCUT2D eigenvalue weighted by Crippen LogP contribution is 2.36. The Kier molecular flexibility index (Phi) is 4.00. The Bertz CT molecular complexity index is 520. The molecule has 0 heterocycles. The predicted octanol–water partition coefficient (Wildman–Crippen LogP) is 5.38. The van der Waals surface area contributed by atoms with E-state index in [9.17, 15) is 4.39 Å². The van der Waals surface area contributed by atoms with Crippen LogP contribution in [-0.2, 0) is 0 Å². The van der Waals surface area contributed by atoms with Crippen molar-refractivity contribution in [2.45, 2.75) is 11.8 Å². The zero-order valence-electron chi connectivity index (χ0n) is 9.25. The van der Waals surface area contributed by atoms with E-state index in [0.29, 0.717) is 4.47 Å². The van der Waals surface area contributed by atoms with Gasteiger partial charge in [0, 0.05) is 0 Å². The largest absolute Gasteiger partial charge is 0.206 e. The Morgan fingerprint density at radius 2 is 1.71 bits per heavy atom. The topological polar surface area (TPSA) is 0 Å². The maximum absolute atomic E-state index is 13.5. The van der Waals surface area contributed by atoms with Crippen LogP contribution in [0.4, 0.5) is 4.39 Å². The average Bonchev–Trinajstić information content (AvgIpc) is 2.33. The van der Waals surface area contributed by atoms with E-state index in [2.05, 4.69) is 44.0 Å². The van der Waals surface area contributed by atoms with Gasteiger partial charge in [0.1, 0.15) is 5.82 Å². The lowest BCUT2D eigenvalue weighted by Gasteiger charge is -2.13. The second kappa shape index (κ2) is 5.32. The van der Waals surface area contributed by atoms with Crippen molar-refractivity contribution in [2.75, 3.05) is 0 Å². The first-order valence-corrected chi connectivity index (χ1v) is 6.95. The van der Waals surface area contributed by atoms with E-state index >= 15 is 0 Å². The first kappa shape index (κ1) is 12.8. The quantitative estimate of drug-likeness (QED) is 0.633. The summed E-state index contributed by atoms with van der Waals surface area (Å²) in [5, 5.41) is 0. The Hall–Kier alpha value is -0.670. The van der Waals surface area contributed by atoms with E-state index in [1.54, 1.807) is 6.07 Å². The van der Waals surface area contributed by atoms with Crippen molar-refractivity contribution >= 4 is 31.9 Å². The summed E-state index contributed by atoms with van der Waals surface area (Å²) in [7, 11) is 0. The van der Waals surface area contributed by atoms with E-state index in [0.717, 1.165) is 11.1 Å². The molecule has 0 saturated heterocycles. The van der Waals surface area contributed by atoms with E-state index in [4.69, 9.17) is 0 Å². The van der Waals surface area contributed by atoms with Crippen molar-refractivity contribution in [2.24, 2.45) is 0 Å². The minimum Gasteiger partial charge on any atom is -0.206 e. The van der Waals surface area contributed by atoms with Crippen LogP contribution in [0.3, 0.4) is 0 Å². The van der Waals surface area contributed by atoms with Crippen molar-refractivity contribution in [3.8, 4) is 0 Å². The molecule has 0 amide bonds. The lowest BCUT2D eigenvalue weighted by atomic mass is 10.0. The van der Waals surface area contributed by atoms with Gasteiger partial charge in [-0.2, -0.15) is 0 Å². The van der Waals surface area contributed by atoms with Crippen LogP contribution in [0.1, 0.15) is 21.5 Å². The van der Waals surface area contributed by atoms with Gasteiger partial charge in [-0.3, -0.25) is 0 Å². The molecule has 0 radical (unpaired) electrons. The molecular weight excluding hydrogens is 347 g/mol. The molecule has 3 heteroatoms. The highest BCUT2D eigenvalue weighted by molar-refractivity contribution is 9.11. The number of hydrogen-bond donors (Lipinski definition) is 0. The number of hydrogen-bond acceptors (Lipinski definition) is 0. The fraction of sp³-hybridized carbons (Fsp3) is 0.143. The van der Waals surface area contributed by atoms with Gasteiger partial charge in [0.25, 0.3) is 0 Å². The first-order chi connectivity index (χ1) is 8.09. The minimum absolute atomic E-state index is 0.00632. The standard InChI is InChI=1S/C14H11Br2F/c1-9-5-7-10(8-6-9)13(15)11-3-2-4-12(17)14(11)16/h2-8,13H,1H3. The molecule has 88 valence electrons. The molecule has 0 saturated carbocycles. The SMILES string of the molecule is Cc1ccc(C(Br)c2cccc(F)c2Br)cc1. The summed E-state index contributed by atoms with van der Waals surface area (Å²) in [6.45, 7) is 2.05. The molecule has 1 atom stereocenters. The molecule has 0 aliphatic carbocycles. The minimum atomic E-state index is -0.237. The predicted molar refractivity (Wildman–Crippen MR) is 76.0 cm³/mol. The molecule has 0 aliphatic heterocycles. The van der Waals surface area contributed by atoms with Crippen LogP contribution in [0, 0.1) is 12.7 Å². The fourth-order valence-electron chi connectivity index (χ4n) is 1.63. The summed E-state index contributed by atoms with van der Waals surface area (Å²) >= 11 is 6.89. The third-order valence-corrected chi connectivity index (χ3v) is 4.48. The molecule has 0 spiro atoms. The lowest BCUT2D eigenvalue weighted by molar-refractivity contribution is 0.619. The Balaban J connectivity index is 2.40. The van der Waals surface area contributed by atoms with Gasteiger partial charge in [-0.1, -0.05) is 57.9 Å². The molecule has 17 heavy (non-hydrogen) atoms. The Morgan fingerprint density at radius 1 is 1.06 bits per heavy atom. The maximum atomic E-state index is 13.5. The van der Waals surface area contributed by atoms with Gasteiger partial charge < -0.3 is 0 Å². The molecule has 0 aliphatic rings. The van der Waals surface area contributed by atoms with Gasteiger partial charge in [0.05, 0.1) is 9.30 Å². The first-order valence-electron chi connectivity index (χ1n) is 5.24. The summed E-state index contributed by atoms with van der Waals surface area (Å²) in [6, 6.07) is 13.3. The van der Waals surface area contributed by atoms with Gasteiger partial charge in [-0.05, 0) is 40.0 Å². The zero-order valence-corrected chi connectivity index (χ0v) is 12.4. The smallest absolute Gasteiger partial charge is 0.137 e. The van der Waals surface area contributed by atoms with E-state index in [1.807, 2.05) is 25.1 Å². The van der Waals surface area contributed by atoms with Crippen LogP contribution < -0.4 is 0 Å². The molecule has 2 aromatic carbocycles. The molecule has 0 bridgehead atoms. The summed E-state index contributed by atoms with van der Waals surface area (Å²) in [6.07, 6.45) is 0. The summed E-state index contributed by atoms with van der Waals surface area (Å²) < 4.78 is 14.0. The summed E-state index contributed by atoms with van der Waals surface area (Å²) in [5.74, 6) is -0.237. The zero-order chi connectivity index (χ0) is 12.4. The number of halogens is 3. The molecule has 1 unspecified atom stereocenters. The molecule has 0 N–H and O–H groups in total. The van der Waals surface area contributed by atoms with Gasteiger partial charge in [-0.15, -0.1) is 0 Å². The van der Waals surface area contributed by atoms with Gasteiger partial charge in [0.15, 0.2) is 0 Å². The van der Waals surface area contributed by atoms with Gasteiger partial charge in [-0.25, -0.2) is 4.39 Å². The third kappa shape index (κ3) is 2.78. The fourth-order valence-corrected chi connectivity index (χ4v) is 3.12. The van der Waals surface area contributed by atoms with Crippen molar-refractivity contribution in [1.29, 1.82) is 0 Å². The molecule has 0 fully saturated rings. The Morgan fingerprint density at radius 3 is 2.35 bits per heavy atom. The number of alkyl halides is 1. The van der Waals surface area contributed by atoms with E-state index < -0.39 is 0 Å². The number of aryl methyl sites for hydroxylation is 1. The monoisotopic (exact) mass is 356 g/mol. The van der Waals surface area contributed by atoms with Crippen molar-refractivity contribution in [1.82, 2.24) is 0 Å². The molecular formula is C14H11Br2F. The second-order valence-corrected chi connectivity index (χ2v) is 5.62. The van der Waals surface area contributed by atoms with Gasteiger partial charge >= 0.3 is 0 Å². The highest BCUT2D eigenvalue weighted by Gasteiger charge is 2.15. The highest BCUT2D eigenvalue weighted by atomic mass is 79.9. The van der Waals surface area contributed by atoms with E-state index in [-0.39, 0.29) is 10.6 Å². The number of benzene rings is 2.